The van der Waals surface area contributed by atoms with E-state index >= 15 is 0 Å². The summed E-state index contributed by atoms with van der Waals surface area (Å²) in [6.07, 6.45) is 4.64. The molecule has 0 spiro atoms. The fraction of sp³-hybridized carbons (Fsp3) is 0.533. The van der Waals surface area contributed by atoms with E-state index in [1.54, 1.807) is 0 Å². The Bertz CT molecular complexity index is 501. The standard InChI is InChI=1S/C15H20N2O2/c18-10-4-9-17(12-5-3-6-12)11-15-16-13-7-1-2-8-14(13)19-15/h1-2,7-8,12,18H,3-6,9-11H2. The van der Waals surface area contributed by atoms with Crippen LogP contribution in [0.25, 0.3) is 11.1 Å². The first-order chi connectivity index (χ1) is 9.36. The van der Waals surface area contributed by atoms with E-state index in [-0.39, 0.29) is 6.61 Å². The number of hydrogen-bond donors (Lipinski definition) is 1. The highest BCUT2D eigenvalue weighted by atomic mass is 16.3. The Morgan fingerprint density at radius 1 is 1.32 bits per heavy atom. The predicted molar refractivity (Wildman–Crippen MR) is 73.8 cm³/mol. The van der Waals surface area contributed by atoms with E-state index in [0.717, 1.165) is 36.5 Å². The van der Waals surface area contributed by atoms with Gasteiger partial charge in [-0.3, -0.25) is 4.90 Å². The van der Waals surface area contributed by atoms with Crippen LogP contribution in [-0.4, -0.2) is 34.2 Å². The van der Waals surface area contributed by atoms with Gasteiger partial charge in [0.15, 0.2) is 5.58 Å². The molecule has 1 N–H and O–H groups in total. The molecule has 4 heteroatoms. The minimum atomic E-state index is 0.247. The fourth-order valence-electron chi connectivity index (χ4n) is 2.58. The molecule has 1 aliphatic carbocycles. The van der Waals surface area contributed by atoms with Crippen LogP contribution in [-0.2, 0) is 6.54 Å². The molecule has 0 radical (unpaired) electrons. The van der Waals surface area contributed by atoms with Crippen LogP contribution in [0.3, 0.4) is 0 Å². The lowest BCUT2D eigenvalue weighted by Crippen LogP contribution is -2.40. The Labute approximate surface area is 113 Å². The molecule has 1 aromatic heterocycles. The van der Waals surface area contributed by atoms with Gasteiger partial charge < -0.3 is 9.52 Å². The van der Waals surface area contributed by atoms with Crippen LogP contribution in [0.5, 0.6) is 0 Å². The van der Waals surface area contributed by atoms with Crippen LogP contribution < -0.4 is 0 Å². The first-order valence-electron chi connectivity index (χ1n) is 7.06. The number of aliphatic hydroxyl groups excluding tert-OH is 1. The molecule has 0 saturated heterocycles. The fourth-order valence-corrected chi connectivity index (χ4v) is 2.58. The molecular formula is C15H20N2O2. The van der Waals surface area contributed by atoms with Crippen molar-refractivity contribution in [1.82, 2.24) is 9.88 Å². The second-order valence-corrected chi connectivity index (χ2v) is 5.21. The summed E-state index contributed by atoms with van der Waals surface area (Å²) in [5.41, 5.74) is 1.78. The van der Waals surface area contributed by atoms with Crippen LogP contribution in [0.15, 0.2) is 28.7 Å². The molecule has 19 heavy (non-hydrogen) atoms. The normalized spacial score (nSPS) is 16.1. The molecule has 1 aliphatic rings. The Hall–Kier alpha value is -1.39. The summed E-state index contributed by atoms with van der Waals surface area (Å²) in [5, 5.41) is 9.00. The van der Waals surface area contributed by atoms with E-state index in [0.29, 0.717) is 6.04 Å². The maximum atomic E-state index is 9.00. The van der Waals surface area contributed by atoms with Gasteiger partial charge in [0.25, 0.3) is 0 Å². The van der Waals surface area contributed by atoms with Crippen molar-refractivity contribution < 1.29 is 9.52 Å². The quantitative estimate of drug-likeness (QED) is 0.867. The first-order valence-corrected chi connectivity index (χ1v) is 7.06. The Morgan fingerprint density at radius 3 is 2.84 bits per heavy atom. The average Bonchev–Trinajstić information content (AvgIpc) is 2.76. The van der Waals surface area contributed by atoms with Crippen molar-refractivity contribution in [2.75, 3.05) is 13.2 Å². The average molecular weight is 260 g/mol. The predicted octanol–water partition coefficient (Wildman–Crippen LogP) is 2.56. The van der Waals surface area contributed by atoms with Gasteiger partial charge in [0.1, 0.15) is 5.52 Å². The Morgan fingerprint density at radius 2 is 2.16 bits per heavy atom. The van der Waals surface area contributed by atoms with Gasteiger partial charge in [-0.25, -0.2) is 4.98 Å². The molecule has 2 aromatic rings. The van der Waals surface area contributed by atoms with Crippen molar-refractivity contribution in [1.29, 1.82) is 0 Å². The lowest BCUT2D eigenvalue weighted by atomic mass is 9.91. The van der Waals surface area contributed by atoms with Gasteiger partial charge in [0.2, 0.25) is 5.89 Å². The highest BCUT2D eigenvalue weighted by Crippen LogP contribution is 2.27. The van der Waals surface area contributed by atoms with Gasteiger partial charge in [-0.15, -0.1) is 0 Å². The van der Waals surface area contributed by atoms with E-state index in [4.69, 9.17) is 9.52 Å². The summed E-state index contributed by atoms with van der Waals surface area (Å²) in [7, 11) is 0. The lowest BCUT2D eigenvalue weighted by Gasteiger charge is -2.36. The first kappa shape index (κ1) is 12.6. The number of fused-ring (bicyclic) bond motifs is 1. The third kappa shape index (κ3) is 2.80. The second-order valence-electron chi connectivity index (χ2n) is 5.21. The largest absolute Gasteiger partial charge is 0.439 e. The molecule has 4 nitrogen and oxygen atoms in total. The molecule has 1 fully saturated rings. The zero-order valence-electron chi connectivity index (χ0n) is 11.1. The van der Waals surface area contributed by atoms with E-state index < -0.39 is 0 Å². The highest BCUT2D eigenvalue weighted by molar-refractivity contribution is 5.72. The minimum Gasteiger partial charge on any atom is -0.439 e. The molecule has 1 saturated carbocycles. The second kappa shape index (κ2) is 5.72. The monoisotopic (exact) mass is 260 g/mol. The van der Waals surface area contributed by atoms with Crippen molar-refractivity contribution in [3.8, 4) is 0 Å². The van der Waals surface area contributed by atoms with Crippen molar-refractivity contribution in [2.24, 2.45) is 0 Å². The maximum absolute atomic E-state index is 9.00. The van der Waals surface area contributed by atoms with Crippen LogP contribution in [0.4, 0.5) is 0 Å². The SMILES string of the molecule is OCCCN(Cc1nc2ccccc2o1)C1CCC1. The zero-order chi connectivity index (χ0) is 13.1. The summed E-state index contributed by atoms with van der Waals surface area (Å²) in [6, 6.07) is 8.51. The molecule has 0 atom stereocenters. The smallest absolute Gasteiger partial charge is 0.209 e. The van der Waals surface area contributed by atoms with Crippen molar-refractivity contribution in [3.05, 3.63) is 30.2 Å². The Kier molecular flexibility index (Phi) is 3.80. The number of benzene rings is 1. The van der Waals surface area contributed by atoms with E-state index in [2.05, 4.69) is 9.88 Å². The molecule has 0 aliphatic heterocycles. The molecule has 0 bridgehead atoms. The van der Waals surface area contributed by atoms with Gasteiger partial charge in [-0.1, -0.05) is 18.6 Å². The van der Waals surface area contributed by atoms with Crippen molar-refractivity contribution in [3.63, 3.8) is 0 Å². The highest BCUT2D eigenvalue weighted by Gasteiger charge is 2.25. The van der Waals surface area contributed by atoms with Crippen LogP contribution in [0.2, 0.25) is 0 Å². The van der Waals surface area contributed by atoms with E-state index in [1.165, 1.54) is 19.3 Å². The summed E-state index contributed by atoms with van der Waals surface area (Å²) in [6.45, 7) is 1.91. The zero-order valence-corrected chi connectivity index (χ0v) is 11.1. The molecule has 1 aromatic carbocycles. The van der Waals surface area contributed by atoms with Crippen molar-refractivity contribution >= 4 is 11.1 Å². The summed E-state index contributed by atoms with van der Waals surface area (Å²) < 4.78 is 5.78. The number of aromatic nitrogens is 1. The number of hydrogen-bond acceptors (Lipinski definition) is 4. The molecule has 0 unspecified atom stereocenters. The van der Waals surface area contributed by atoms with Gasteiger partial charge in [0, 0.05) is 19.2 Å². The number of aliphatic hydroxyl groups is 1. The van der Waals surface area contributed by atoms with Crippen LogP contribution >= 0.6 is 0 Å². The number of rotatable bonds is 6. The summed E-state index contributed by atoms with van der Waals surface area (Å²) in [4.78, 5) is 6.92. The molecule has 0 amide bonds. The third-order valence-corrected chi connectivity index (χ3v) is 3.87. The number of oxazole rings is 1. The van der Waals surface area contributed by atoms with Crippen molar-refractivity contribution in [2.45, 2.75) is 38.3 Å². The van der Waals surface area contributed by atoms with E-state index in [1.807, 2.05) is 24.3 Å². The third-order valence-electron chi connectivity index (χ3n) is 3.87. The maximum Gasteiger partial charge on any atom is 0.209 e. The number of para-hydroxylation sites is 2. The lowest BCUT2D eigenvalue weighted by molar-refractivity contribution is 0.100. The Balaban J connectivity index is 1.72. The van der Waals surface area contributed by atoms with Crippen LogP contribution in [0.1, 0.15) is 31.6 Å². The van der Waals surface area contributed by atoms with E-state index in [9.17, 15) is 0 Å². The van der Waals surface area contributed by atoms with Gasteiger partial charge in [0.05, 0.1) is 6.54 Å². The van der Waals surface area contributed by atoms with Gasteiger partial charge >= 0.3 is 0 Å². The van der Waals surface area contributed by atoms with Crippen LogP contribution in [0, 0.1) is 0 Å². The molecular weight excluding hydrogens is 240 g/mol. The molecule has 3 rings (SSSR count). The summed E-state index contributed by atoms with van der Waals surface area (Å²) in [5.74, 6) is 0.783. The molecule has 1 heterocycles. The number of nitrogens with zero attached hydrogens (tertiary/aromatic N) is 2. The topological polar surface area (TPSA) is 49.5 Å². The minimum absolute atomic E-state index is 0.247. The van der Waals surface area contributed by atoms with Gasteiger partial charge in [-0.05, 0) is 31.4 Å². The molecule has 102 valence electrons. The van der Waals surface area contributed by atoms with Gasteiger partial charge in [-0.2, -0.15) is 0 Å². The summed E-state index contributed by atoms with van der Waals surface area (Å²) >= 11 is 0.